The largest absolute Gasteiger partial charge is 0.507 e. The molecule has 0 aliphatic carbocycles. The average molecular weight is 549 g/mol. The van der Waals surface area contributed by atoms with Gasteiger partial charge in [0.1, 0.15) is 5.75 Å². The quantitative estimate of drug-likeness (QED) is 0.216. The second-order valence-corrected chi connectivity index (χ2v) is 9.32. The summed E-state index contributed by atoms with van der Waals surface area (Å²) in [5, 5.41) is 15.1. The van der Waals surface area contributed by atoms with Crippen LogP contribution < -0.4 is 11.1 Å². The van der Waals surface area contributed by atoms with Crippen LogP contribution in [-0.4, -0.2) is 21.0 Å². The smallest absolute Gasteiger partial charge is 0.416 e. The molecule has 196 valence electrons. The van der Waals surface area contributed by atoms with Crippen LogP contribution in [0, 0.1) is 6.92 Å². The topological polar surface area (TPSA) is 101 Å². The number of hydrogen-bond donors (Lipinski definition) is 3. The highest BCUT2D eigenvalue weighted by Crippen LogP contribution is 2.44. The number of anilines is 2. The summed E-state index contributed by atoms with van der Waals surface area (Å²) in [5.41, 5.74) is 8.23. The number of aromatic hydroxyl groups is 1. The fourth-order valence-corrected chi connectivity index (χ4v) is 4.52. The third-order valence-electron chi connectivity index (χ3n) is 6.22. The van der Waals surface area contributed by atoms with Crippen molar-refractivity contribution in [2.45, 2.75) is 13.1 Å². The maximum absolute atomic E-state index is 13.1. The summed E-state index contributed by atoms with van der Waals surface area (Å²) in [5.74, 6) is -0.689. The van der Waals surface area contributed by atoms with E-state index >= 15 is 0 Å². The van der Waals surface area contributed by atoms with Crippen molar-refractivity contribution in [3.63, 3.8) is 0 Å². The lowest BCUT2D eigenvalue weighted by molar-refractivity contribution is -0.137. The Kier molecular flexibility index (Phi) is 6.61. The van der Waals surface area contributed by atoms with E-state index in [1.54, 1.807) is 48.5 Å². The van der Waals surface area contributed by atoms with Crippen molar-refractivity contribution >= 4 is 40.0 Å². The number of nitrogens with two attached hydrogens (primary N) is 1. The third kappa shape index (κ3) is 5.21. The molecule has 0 aliphatic heterocycles. The van der Waals surface area contributed by atoms with E-state index in [1.807, 2.05) is 6.92 Å². The molecule has 4 aromatic carbocycles. The van der Waals surface area contributed by atoms with Crippen LogP contribution in [0.1, 0.15) is 21.5 Å². The minimum atomic E-state index is -4.54. The summed E-state index contributed by atoms with van der Waals surface area (Å²) >= 11 is 6.22. The molecule has 5 rings (SSSR count). The Balaban J connectivity index is 1.62. The Morgan fingerprint density at radius 1 is 1.00 bits per heavy atom. The third-order valence-corrected chi connectivity index (χ3v) is 6.45. The molecule has 5 aromatic rings. The normalized spacial score (nSPS) is 11.5. The zero-order chi connectivity index (χ0) is 27.9. The summed E-state index contributed by atoms with van der Waals surface area (Å²) in [6.45, 7) is 1.81. The number of aryl methyl sites for hydroxylation is 1. The maximum atomic E-state index is 13.1. The van der Waals surface area contributed by atoms with Gasteiger partial charge in [-0.3, -0.25) is 4.79 Å². The molecule has 6 nitrogen and oxygen atoms in total. The molecular formula is C29H20ClF3N4O2. The van der Waals surface area contributed by atoms with Gasteiger partial charge in [0.15, 0.2) is 0 Å². The highest BCUT2D eigenvalue weighted by Gasteiger charge is 2.30. The van der Waals surface area contributed by atoms with Crippen LogP contribution in [-0.2, 0) is 6.18 Å². The molecule has 0 spiro atoms. The van der Waals surface area contributed by atoms with Crippen LogP contribution in [0.5, 0.6) is 5.75 Å². The molecule has 0 radical (unpaired) electrons. The molecule has 0 aliphatic rings. The fraction of sp³-hybridized carbons (Fsp3) is 0.0690. The van der Waals surface area contributed by atoms with E-state index in [-0.39, 0.29) is 22.9 Å². The van der Waals surface area contributed by atoms with E-state index in [1.165, 1.54) is 18.3 Å². The van der Waals surface area contributed by atoms with E-state index in [0.29, 0.717) is 38.2 Å². The monoisotopic (exact) mass is 548 g/mol. The summed E-state index contributed by atoms with van der Waals surface area (Å²) < 4.78 is 39.3. The van der Waals surface area contributed by atoms with E-state index in [4.69, 9.17) is 17.3 Å². The molecule has 1 aromatic heterocycles. The number of carbonyl (C=O) groups excluding carboxylic acids is 1. The van der Waals surface area contributed by atoms with Crippen LogP contribution in [0.25, 0.3) is 33.2 Å². The number of benzene rings is 4. The SMILES string of the molecule is Cc1ccc(C(=O)Nc2cccc(C(F)(F)F)c2)cc1-c1cc2cnc(N)nc2c(-c2cccc(Cl)c2)c1O. The van der Waals surface area contributed by atoms with Gasteiger partial charge in [0, 0.05) is 33.4 Å². The Bertz CT molecular complexity index is 1760. The van der Waals surface area contributed by atoms with Crippen LogP contribution in [0.2, 0.25) is 5.02 Å². The van der Waals surface area contributed by atoms with Crippen molar-refractivity contribution in [2.24, 2.45) is 0 Å². The molecule has 4 N–H and O–H groups in total. The molecule has 0 saturated heterocycles. The molecule has 0 fully saturated rings. The second-order valence-electron chi connectivity index (χ2n) is 8.89. The molecule has 0 saturated carbocycles. The first-order valence-electron chi connectivity index (χ1n) is 11.6. The van der Waals surface area contributed by atoms with E-state index in [2.05, 4.69) is 15.3 Å². The van der Waals surface area contributed by atoms with Gasteiger partial charge >= 0.3 is 6.18 Å². The number of hydrogen-bond acceptors (Lipinski definition) is 5. The van der Waals surface area contributed by atoms with Gasteiger partial charge in [-0.1, -0.05) is 35.9 Å². The Morgan fingerprint density at radius 2 is 1.77 bits per heavy atom. The molecule has 1 heterocycles. The van der Waals surface area contributed by atoms with Gasteiger partial charge in [-0.15, -0.1) is 0 Å². The molecule has 0 unspecified atom stereocenters. The second kappa shape index (κ2) is 9.92. The number of amides is 1. The number of alkyl halides is 3. The number of fused-ring (bicyclic) bond motifs is 1. The highest BCUT2D eigenvalue weighted by atomic mass is 35.5. The van der Waals surface area contributed by atoms with Crippen molar-refractivity contribution in [3.05, 3.63) is 101 Å². The summed E-state index contributed by atoms with van der Waals surface area (Å²) in [4.78, 5) is 21.4. The first kappa shape index (κ1) is 26.0. The zero-order valence-corrected chi connectivity index (χ0v) is 21.1. The summed E-state index contributed by atoms with van der Waals surface area (Å²) in [6.07, 6.45) is -3.01. The van der Waals surface area contributed by atoms with Crippen LogP contribution in [0.4, 0.5) is 24.8 Å². The number of nitrogens with zero attached hydrogens (tertiary/aromatic N) is 2. The lowest BCUT2D eigenvalue weighted by Gasteiger charge is -2.16. The van der Waals surface area contributed by atoms with Gasteiger partial charge in [0.2, 0.25) is 5.95 Å². The number of phenolic OH excluding ortho intramolecular Hbond substituents is 1. The maximum Gasteiger partial charge on any atom is 0.416 e. The van der Waals surface area contributed by atoms with Gasteiger partial charge in [0.25, 0.3) is 5.91 Å². The van der Waals surface area contributed by atoms with Crippen molar-refractivity contribution in [2.75, 3.05) is 11.1 Å². The number of aromatic nitrogens is 2. The molecule has 1 amide bonds. The fourth-order valence-electron chi connectivity index (χ4n) is 4.33. The van der Waals surface area contributed by atoms with E-state index in [9.17, 15) is 23.1 Å². The number of nitrogens with one attached hydrogen (secondary N) is 1. The molecule has 39 heavy (non-hydrogen) atoms. The molecular weight excluding hydrogens is 529 g/mol. The summed E-state index contributed by atoms with van der Waals surface area (Å²) in [7, 11) is 0. The van der Waals surface area contributed by atoms with Crippen LogP contribution in [0.3, 0.4) is 0 Å². The van der Waals surface area contributed by atoms with Crippen molar-refractivity contribution < 1.29 is 23.1 Å². The highest BCUT2D eigenvalue weighted by molar-refractivity contribution is 6.31. The predicted octanol–water partition coefficient (Wildman–Crippen LogP) is 7.48. The van der Waals surface area contributed by atoms with Gasteiger partial charge in [-0.05, 0) is 72.1 Å². The number of halogens is 4. The Morgan fingerprint density at radius 3 is 2.51 bits per heavy atom. The van der Waals surface area contributed by atoms with Gasteiger partial charge in [-0.25, -0.2) is 9.97 Å². The Hall–Kier alpha value is -4.63. The number of phenols is 1. The van der Waals surface area contributed by atoms with Crippen LogP contribution in [0.15, 0.2) is 79.0 Å². The van der Waals surface area contributed by atoms with Crippen molar-refractivity contribution in [1.29, 1.82) is 0 Å². The van der Waals surface area contributed by atoms with Gasteiger partial charge < -0.3 is 16.2 Å². The standard InChI is InChI=1S/C29H20ClF3N4O2/c1-15-8-9-17(27(39)36-21-7-3-5-19(13-21)29(31,32)33)11-22(15)23-12-18-14-35-28(34)37-25(18)24(26(23)38)16-4-2-6-20(30)10-16/h2-14,38H,1H3,(H,36,39)(H2,34,35,37). The lowest BCUT2D eigenvalue weighted by Crippen LogP contribution is -2.13. The number of carbonyl (C=O) groups is 1. The van der Waals surface area contributed by atoms with Gasteiger partial charge in [-0.2, -0.15) is 13.2 Å². The van der Waals surface area contributed by atoms with Crippen molar-refractivity contribution in [3.8, 4) is 28.0 Å². The Labute approximate surface area is 225 Å². The molecule has 0 bridgehead atoms. The zero-order valence-electron chi connectivity index (χ0n) is 20.3. The van der Waals surface area contributed by atoms with E-state index < -0.39 is 17.6 Å². The molecule has 10 heteroatoms. The minimum Gasteiger partial charge on any atom is -0.507 e. The van der Waals surface area contributed by atoms with Crippen molar-refractivity contribution in [1.82, 2.24) is 9.97 Å². The first-order chi connectivity index (χ1) is 18.5. The number of rotatable bonds is 4. The summed E-state index contributed by atoms with van der Waals surface area (Å²) in [6, 6.07) is 17.8. The molecule has 0 atom stereocenters. The lowest BCUT2D eigenvalue weighted by atomic mass is 9.91. The van der Waals surface area contributed by atoms with Gasteiger partial charge in [0.05, 0.1) is 16.6 Å². The van der Waals surface area contributed by atoms with E-state index in [0.717, 1.165) is 17.7 Å². The minimum absolute atomic E-state index is 0.00322. The van der Waals surface area contributed by atoms with Crippen LogP contribution >= 0.6 is 11.6 Å². The average Bonchev–Trinajstić information content (AvgIpc) is 2.88. The predicted molar refractivity (Wildman–Crippen MR) is 146 cm³/mol. The number of nitrogen functional groups attached to an aromatic ring is 1. The first-order valence-corrected chi connectivity index (χ1v) is 12.0.